The summed E-state index contributed by atoms with van der Waals surface area (Å²) in [5.41, 5.74) is 0.649. The minimum Gasteiger partial charge on any atom is -0.495 e. The molecule has 1 aromatic carbocycles. The number of methoxy groups -OCH3 is 1. The molecule has 1 aliphatic heterocycles. The topological polar surface area (TPSA) is 67.9 Å². The zero-order chi connectivity index (χ0) is 17.0. The molecule has 23 heavy (non-hydrogen) atoms. The van der Waals surface area contributed by atoms with E-state index in [-0.39, 0.29) is 11.6 Å². The lowest BCUT2D eigenvalue weighted by Crippen LogP contribution is -2.25. The Morgan fingerprint density at radius 1 is 1.39 bits per heavy atom. The quantitative estimate of drug-likeness (QED) is 0.920. The Kier molecular flexibility index (Phi) is 4.97. The van der Waals surface area contributed by atoms with Gasteiger partial charge in [-0.25, -0.2) is 4.79 Å². The van der Waals surface area contributed by atoms with Crippen LogP contribution in [0.15, 0.2) is 18.2 Å². The normalized spacial score (nSPS) is 14.8. The van der Waals surface area contributed by atoms with Crippen LogP contribution in [0.5, 0.6) is 5.75 Å². The minimum atomic E-state index is -4.59. The number of nitrogens with one attached hydrogen (secondary N) is 1. The summed E-state index contributed by atoms with van der Waals surface area (Å²) in [5.74, 6) is 0.342. The second-order valence-corrected chi connectivity index (χ2v) is 4.85. The van der Waals surface area contributed by atoms with Crippen LogP contribution in [0.2, 0.25) is 0 Å². The Morgan fingerprint density at radius 2 is 2.13 bits per heavy atom. The van der Waals surface area contributed by atoms with E-state index < -0.39 is 18.9 Å². The van der Waals surface area contributed by atoms with Crippen LogP contribution in [0, 0.1) is 0 Å². The minimum absolute atomic E-state index is 0.0832. The van der Waals surface area contributed by atoms with Crippen molar-refractivity contribution in [2.75, 3.05) is 30.5 Å². The van der Waals surface area contributed by atoms with Gasteiger partial charge in [0.2, 0.25) is 5.91 Å². The van der Waals surface area contributed by atoms with Gasteiger partial charge in [-0.15, -0.1) is 0 Å². The Labute approximate surface area is 130 Å². The molecule has 1 heterocycles. The number of rotatable bonds is 4. The highest BCUT2D eigenvalue weighted by atomic mass is 19.4. The zero-order valence-corrected chi connectivity index (χ0v) is 12.3. The van der Waals surface area contributed by atoms with Crippen molar-refractivity contribution in [3.8, 4) is 5.75 Å². The predicted octanol–water partition coefficient (Wildman–Crippen LogP) is 2.93. The number of halogens is 3. The first-order chi connectivity index (χ1) is 10.8. The van der Waals surface area contributed by atoms with E-state index in [2.05, 4.69) is 10.1 Å². The third-order valence-electron chi connectivity index (χ3n) is 3.16. The number of carbonyl (C=O) groups excluding carboxylic acids is 2. The van der Waals surface area contributed by atoms with Crippen molar-refractivity contribution >= 4 is 23.4 Å². The van der Waals surface area contributed by atoms with Crippen molar-refractivity contribution in [3.63, 3.8) is 0 Å². The maximum atomic E-state index is 12.0. The standard InChI is InChI=1S/C14H15F3N2O4/c1-22-11-5-4-9(18-13(21)23-8-14(15,16)17)7-10(11)19-6-2-3-12(19)20/h4-5,7H,2-3,6,8H2,1H3,(H,18,21). The lowest BCUT2D eigenvalue weighted by molar-refractivity contribution is -0.159. The van der Waals surface area contributed by atoms with Crippen molar-refractivity contribution in [2.45, 2.75) is 19.0 Å². The molecule has 2 amide bonds. The highest BCUT2D eigenvalue weighted by Gasteiger charge is 2.30. The van der Waals surface area contributed by atoms with E-state index in [9.17, 15) is 22.8 Å². The predicted molar refractivity (Wildman–Crippen MR) is 75.6 cm³/mol. The summed E-state index contributed by atoms with van der Waals surface area (Å²) in [4.78, 5) is 24.7. The van der Waals surface area contributed by atoms with Crippen molar-refractivity contribution < 1.29 is 32.2 Å². The summed E-state index contributed by atoms with van der Waals surface area (Å²) in [6.45, 7) is -1.16. The molecule has 0 atom stereocenters. The number of alkyl halides is 3. The average Bonchev–Trinajstić information content (AvgIpc) is 2.90. The SMILES string of the molecule is COc1ccc(NC(=O)OCC(F)(F)F)cc1N1CCCC1=O. The van der Waals surface area contributed by atoms with Gasteiger partial charge in [0.15, 0.2) is 6.61 Å². The molecule has 1 saturated heterocycles. The summed E-state index contributed by atoms with van der Waals surface area (Å²) in [7, 11) is 1.43. The van der Waals surface area contributed by atoms with Gasteiger partial charge >= 0.3 is 12.3 Å². The van der Waals surface area contributed by atoms with E-state index in [0.29, 0.717) is 30.8 Å². The smallest absolute Gasteiger partial charge is 0.422 e. The van der Waals surface area contributed by atoms with Crippen molar-refractivity contribution in [2.24, 2.45) is 0 Å². The molecule has 126 valence electrons. The van der Waals surface area contributed by atoms with Gasteiger partial charge in [0.25, 0.3) is 0 Å². The van der Waals surface area contributed by atoms with E-state index in [1.54, 1.807) is 0 Å². The number of carbonyl (C=O) groups is 2. The zero-order valence-electron chi connectivity index (χ0n) is 12.3. The first-order valence-corrected chi connectivity index (χ1v) is 6.79. The van der Waals surface area contributed by atoms with Crippen LogP contribution < -0.4 is 15.0 Å². The number of nitrogens with zero attached hydrogens (tertiary/aromatic N) is 1. The van der Waals surface area contributed by atoms with E-state index in [1.807, 2.05) is 0 Å². The molecule has 1 aromatic rings. The van der Waals surface area contributed by atoms with Gasteiger partial charge in [0, 0.05) is 18.7 Å². The summed E-state index contributed by atoms with van der Waals surface area (Å²) in [5, 5.41) is 2.19. The molecule has 0 radical (unpaired) electrons. The number of benzene rings is 1. The van der Waals surface area contributed by atoms with Crippen LogP contribution >= 0.6 is 0 Å². The second kappa shape index (κ2) is 6.76. The molecule has 1 N–H and O–H groups in total. The van der Waals surface area contributed by atoms with Crippen LogP contribution in [-0.4, -0.2) is 38.4 Å². The largest absolute Gasteiger partial charge is 0.495 e. The monoisotopic (exact) mass is 332 g/mol. The Hall–Kier alpha value is -2.45. The molecule has 0 unspecified atom stereocenters. The summed E-state index contributed by atoms with van der Waals surface area (Å²) in [6, 6.07) is 4.41. The molecular weight excluding hydrogens is 317 g/mol. The Bertz CT molecular complexity index is 604. The summed E-state index contributed by atoms with van der Waals surface area (Å²) in [6.07, 6.45) is -4.71. The van der Waals surface area contributed by atoms with Crippen LogP contribution in [0.25, 0.3) is 0 Å². The molecule has 0 aromatic heterocycles. The maximum absolute atomic E-state index is 12.0. The fourth-order valence-corrected chi connectivity index (χ4v) is 2.18. The highest BCUT2D eigenvalue weighted by Crippen LogP contribution is 2.34. The number of amides is 2. The maximum Gasteiger partial charge on any atom is 0.422 e. The van der Waals surface area contributed by atoms with Crippen LogP contribution in [0.4, 0.5) is 29.3 Å². The molecule has 1 aliphatic rings. The van der Waals surface area contributed by atoms with Crippen LogP contribution in [-0.2, 0) is 9.53 Å². The van der Waals surface area contributed by atoms with Crippen LogP contribution in [0.1, 0.15) is 12.8 Å². The molecule has 6 nitrogen and oxygen atoms in total. The highest BCUT2D eigenvalue weighted by molar-refractivity contribution is 5.98. The lowest BCUT2D eigenvalue weighted by atomic mass is 10.2. The average molecular weight is 332 g/mol. The number of anilines is 2. The van der Waals surface area contributed by atoms with E-state index in [1.165, 1.54) is 30.2 Å². The molecule has 0 saturated carbocycles. The van der Waals surface area contributed by atoms with Crippen molar-refractivity contribution in [1.29, 1.82) is 0 Å². The molecule has 0 aliphatic carbocycles. The number of ether oxygens (including phenoxy) is 2. The Balaban J connectivity index is 2.11. The van der Waals surface area contributed by atoms with Crippen molar-refractivity contribution in [3.05, 3.63) is 18.2 Å². The fraction of sp³-hybridized carbons (Fsp3) is 0.429. The van der Waals surface area contributed by atoms with E-state index >= 15 is 0 Å². The van der Waals surface area contributed by atoms with Crippen molar-refractivity contribution in [1.82, 2.24) is 0 Å². The first-order valence-electron chi connectivity index (χ1n) is 6.79. The fourth-order valence-electron chi connectivity index (χ4n) is 2.18. The Morgan fingerprint density at radius 3 is 2.70 bits per heavy atom. The third kappa shape index (κ3) is 4.51. The van der Waals surface area contributed by atoms with Crippen LogP contribution in [0.3, 0.4) is 0 Å². The molecule has 2 rings (SSSR count). The summed E-state index contributed by atoms with van der Waals surface area (Å²) < 4.78 is 45.2. The van der Waals surface area contributed by atoms with E-state index in [4.69, 9.17) is 4.74 Å². The molecule has 0 spiro atoms. The molecular formula is C14H15F3N2O4. The molecule has 9 heteroatoms. The van der Waals surface area contributed by atoms with Gasteiger partial charge in [-0.3, -0.25) is 10.1 Å². The molecule has 1 fully saturated rings. The van der Waals surface area contributed by atoms with Gasteiger partial charge in [-0.1, -0.05) is 0 Å². The van der Waals surface area contributed by atoms with Gasteiger partial charge in [0.05, 0.1) is 12.8 Å². The number of hydrogen-bond donors (Lipinski definition) is 1. The van der Waals surface area contributed by atoms with Gasteiger partial charge in [-0.2, -0.15) is 13.2 Å². The van der Waals surface area contributed by atoms with Gasteiger partial charge < -0.3 is 14.4 Å². The first kappa shape index (κ1) is 16.9. The lowest BCUT2D eigenvalue weighted by Gasteiger charge is -2.20. The second-order valence-electron chi connectivity index (χ2n) is 4.85. The van der Waals surface area contributed by atoms with Gasteiger partial charge in [-0.05, 0) is 24.6 Å². The summed E-state index contributed by atoms with van der Waals surface area (Å²) >= 11 is 0. The molecule has 0 bridgehead atoms. The number of hydrogen-bond acceptors (Lipinski definition) is 4. The van der Waals surface area contributed by atoms with Gasteiger partial charge in [0.1, 0.15) is 5.75 Å². The third-order valence-corrected chi connectivity index (χ3v) is 3.16. The van der Waals surface area contributed by atoms with E-state index in [0.717, 1.165) is 0 Å².